The topological polar surface area (TPSA) is 98.0 Å². The van der Waals surface area contributed by atoms with Gasteiger partial charge >= 0.3 is 5.97 Å². The average Bonchev–Trinajstić information content (AvgIpc) is 3.11. The zero-order chi connectivity index (χ0) is 25.0. The van der Waals surface area contributed by atoms with Gasteiger partial charge in [0.15, 0.2) is 10.6 Å². The van der Waals surface area contributed by atoms with Crippen molar-refractivity contribution in [2.24, 2.45) is 4.99 Å². The average molecular weight is 512 g/mol. The first-order valence-electron chi connectivity index (χ1n) is 10.5. The highest BCUT2D eigenvalue weighted by Gasteiger charge is 2.22. The zero-order valence-corrected chi connectivity index (χ0v) is 20.4. The minimum Gasteiger partial charge on any atom is -0.465 e. The maximum Gasteiger partial charge on any atom is 0.326 e. The van der Waals surface area contributed by atoms with Gasteiger partial charge in [0.05, 0.1) is 21.7 Å². The standard InChI is InChI=1S/C22H23F2N3O5S2/c1-4-26(5-2)34(30,31)16-9-7-14(8-10-16)21(29)25-22-27(13-19(28)32-6-3)20-17(24)11-15(23)12-18(20)33-22/h7-12H,4-6,13H2,1-3H3. The highest BCUT2D eigenvalue weighted by molar-refractivity contribution is 7.89. The summed E-state index contributed by atoms with van der Waals surface area (Å²) in [6.07, 6.45) is 0. The maximum atomic E-state index is 14.5. The second-order valence-electron chi connectivity index (χ2n) is 7.04. The molecule has 0 aliphatic carbocycles. The van der Waals surface area contributed by atoms with Crippen molar-refractivity contribution in [3.05, 3.63) is 58.4 Å². The lowest BCUT2D eigenvalue weighted by atomic mass is 10.2. The van der Waals surface area contributed by atoms with E-state index in [-0.39, 0.29) is 32.1 Å². The van der Waals surface area contributed by atoms with Crippen molar-refractivity contribution in [1.82, 2.24) is 8.87 Å². The number of aromatic nitrogens is 1. The number of carbonyl (C=O) groups excluding carboxylic acids is 2. The first kappa shape index (κ1) is 25.7. The van der Waals surface area contributed by atoms with Crippen LogP contribution in [0.1, 0.15) is 31.1 Å². The monoisotopic (exact) mass is 511 g/mol. The predicted molar refractivity (Wildman–Crippen MR) is 123 cm³/mol. The molecular formula is C22H23F2N3O5S2. The molecule has 3 rings (SSSR count). The summed E-state index contributed by atoms with van der Waals surface area (Å²) in [7, 11) is -3.69. The molecule has 0 atom stereocenters. The summed E-state index contributed by atoms with van der Waals surface area (Å²) in [4.78, 5) is 28.8. The van der Waals surface area contributed by atoms with Crippen molar-refractivity contribution in [3.63, 3.8) is 0 Å². The largest absolute Gasteiger partial charge is 0.465 e. The van der Waals surface area contributed by atoms with Crippen LogP contribution < -0.4 is 4.80 Å². The van der Waals surface area contributed by atoms with Gasteiger partial charge in [-0.1, -0.05) is 25.2 Å². The van der Waals surface area contributed by atoms with Crippen LogP contribution in [0.2, 0.25) is 0 Å². The Labute approximate surface area is 199 Å². The normalized spacial score (nSPS) is 12.5. The summed E-state index contributed by atoms with van der Waals surface area (Å²) in [6.45, 7) is 5.35. The van der Waals surface area contributed by atoms with E-state index in [0.29, 0.717) is 19.2 Å². The van der Waals surface area contributed by atoms with Crippen LogP contribution in [0.5, 0.6) is 0 Å². The summed E-state index contributed by atoms with van der Waals surface area (Å²) in [6, 6.07) is 7.03. The second kappa shape index (κ2) is 10.5. The number of ether oxygens (including phenoxy) is 1. The van der Waals surface area contributed by atoms with Crippen molar-refractivity contribution in [1.29, 1.82) is 0 Å². The number of rotatable bonds is 8. The lowest BCUT2D eigenvalue weighted by molar-refractivity contribution is -0.143. The Bertz CT molecular complexity index is 1390. The molecule has 0 aliphatic rings. The number of hydrogen-bond acceptors (Lipinski definition) is 6. The third kappa shape index (κ3) is 5.24. The number of thiazole rings is 1. The van der Waals surface area contributed by atoms with Gasteiger partial charge in [0.2, 0.25) is 10.0 Å². The Morgan fingerprint density at radius 2 is 1.74 bits per heavy atom. The molecule has 182 valence electrons. The van der Waals surface area contributed by atoms with Gasteiger partial charge in [-0.15, -0.1) is 0 Å². The molecule has 0 N–H and O–H groups in total. The molecule has 2 aromatic carbocycles. The molecule has 8 nitrogen and oxygen atoms in total. The molecular weight excluding hydrogens is 488 g/mol. The van der Waals surface area contributed by atoms with Gasteiger partial charge in [0, 0.05) is 24.7 Å². The molecule has 0 bridgehead atoms. The Hall–Kier alpha value is -2.96. The Kier molecular flexibility index (Phi) is 7.95. The summed E-state index contributed by atoms with van der Waals surface area (Å²) in [5.41, 5.74) is 0.0111. The summed E-state index contributed by atoms with van der Waals surface area (Å²) < 4.78 is 61.0. The van der Waals surface area contributed by atoms with E-state index in [4.69, 9.17) is 4.74 Å². The van der Waals surface area contributed by atoms with Gasteiger partial charge in [0.25, 0.3) is 5.91 Å². The predicted octanol–water partition coefficient (Wildman–Crippen LogP) is 3.32. The van der Waals surface area contributed by atoms with Crippen LogP contribution >= 0.6 is 11.3 Å². The highest BCUT2D eigenvalue weighted by Crippen LogP contribution is 2.23. The van der Waals surface area contributed by atoms with Gasteiger partial charge in [-0.05, 0) is 37.3 Å². The van der Waals surface area contributed by atoms with E-state index in [9.17, 15) is 26.8 Å². The molecule has 0 unspecified atom stereocenters. The molecule has 0 saturated heterocycles. The van der Waals surface area contributed by atoms with Crippen LogP contribution in [0.4, 0.5) is 8.78 Å². The fourth-order valence-corrected chi connectivity index (χ4v) is 5.86. The van der Waals surface area contributed by atoms with Crippen LogP contribution in [0.3, 0.4) is 0 Å². The Balaban J connectivity index is 2.04. The number of halogens is 2. The van der Waals surface area contributed by atoms with E-state index in [1.807, 2.05) is 0 Å². The zero-order valence-electron chi connectivity index (χ0n) is 18.7. The fourth-order valence-electron chi connectivity index (χ4n) is 3.33. The van der Waals surface area contributed by atoms with Crippen molar-refractivity contribution < 1.29 is 31.5 Å². The summed E-state index contributed by atoms with van der Waals surface area (Å²) >= 11 is 0.838. The first-order valence-corrected chi connectivity index (χ1v) is 12.7. The van der Waals surface area contributed by atoms with Crippen LogP contribution in [0.15, 0.2) is 46.3 Å². The molecule has 1 aromatic heterocycles. The van der Waals surface area contributed by atoms with Gasteiger partial charge in [-0.25, -0.2) is 17.2 Å². The van der Waals surface area contributed by atoms with Crippen molar-refractivity contribution >= 4 is 43.5 Å². The summed E-state index contributed by atoms with van der Waals surface area (Å²) in [5.74, 6) is -3.13. The smallest absolute Gasteiger partial charge is 0.326 e. The molecule has 0 spiro atoms. The highest BCUT2D eigenvalue weighted by atomic mass is 32.2. The SMILES string of the molecule is CCOC(=O)Cn1c(=NC(=O)c2ccc(S(=O)(=O)N(CC)CC)cc2)sc2cc(F)cc(F)c21. The number of esters is 1. The van der Waals surface area contributed by atoms with E-state index < -0.39 is 40.1 Å². The number of nitrogens with zero attached hydrogens (tertiary/aromatic N) is 3. The van der Waals surface area contributed by atoms with Crippen LogP contribution in [-0.4, -0.2) is 48.9 Å². The lowest BCUT2D eigenvalue weighted by Crippen LogP contribution is -2.30. The lowest BCUT2D eigenvalue weighted by Gasteiger charge is -2.18. The number of carbonyl (C=O) groups is 2. The molecule has 34 heavy (non-hydrogen) atoms. The molecule has 0 aliphatic heterocycles. The number of sulfonamides is 1. The second-order valence-corrected chi connectivity index (χ2v) is 9.99. The minimum absolute atomic E-state index is 0.0302. The van der Waals surface area contributed by atoms with Crippen LogP contribution in [0, 0.1) is 11.6 Å². The van der Waals surface area contributed by atoms with Crippen LogP contribution in [0.25, 0.3) is 10.2 Å². The molecule has 0 saturated carbocycles. The fraction of sp³-hybridized carbons (Fsp3) is 0.318. The third-order valence-electron chi connectivity index (χ3n) is 4.93. The van der Waals surface area contributed by atoms with Crippen molar-refractivity contribution in [2.45, 2.75) is 32.2 Å². The molecule has 0 fully saturated rings. The van der Waals surface area contributed by atoms with Crippen LogP contribution in [-0.2, 0) is 26.1 Å². The van der Waals surface area contributed by atoms with Gasteiger partial charge < -0.3 is 9.30 Å². The Morgan fingerprint density at radius 3 is 2.32 bits per heavy atom. The number of hydrogen-bond donors (Lipinski definition) is 0. The quantitative estimate of drug-likeness (QED) is 0.432. The first-order chi connectivity index (χ1) is 16.1. The van der Waals surface area contributed by atoms with Crippen molar-refractivity contribution in [3.8, 4) is 0 Å². The van der Waals surface area contributed by atoms with Crippen molar-refractivity contribution in [2.75, 3.05) is 19.7 Å². The third-order valence-corrected chi connectivity index (χ3v) is 8.02. The van der Waals surface area contributed by atoms with E-state index >= 15 is 0 Å². The number of benzene rings is 2. The van der Waals surface area contributed by atoms with Gasteiger partial charge in [0.1, 0.15) is 12.4 Å². The maximum absolute atomic E-state index is 14.5. The molecule has 12 heteroatoms. The Morgan fingerprint density at radius 1 is 1.09 bits per heavy atom. The van der Waals surface area contributed by atoms with E-state index in [2.05, 4.69) is 4.99 Å². The molecule has 3 aromatic rings. The number of fused-ring (bicyclic) bond motifs is 1. The van der Waals surface area contributed by atoms with E-state index in [0.717, 1.165) is 22.0 Å². The molecule has 0 radical (unpaired) electrons. The molecule has 1 amide bonds. The minimum atomic E-state index is -3.69. The van der Waals surface area contributed by atoms with Gasteiger partial charge in [-0.3, -0.25) is 9.59 Å². The van der Waals surface area contributed by atoms with E-state index in [1.54, 1.807) is 20.8 Å². The molecule has 1 heterocycles. The summed E-state index contributed by atoms with van der Waals surface area (Å²) in [5, 5.41) is 0. The van der Waals surface area contributed by atoms with Gasteiger partial charge in [-0.2, -0.15) is 9.30 Å². The number of amides is 1. The van der Waals surface area contributed by atoms with E-state index in [1.165, 1.54) is 28.6 Å².